The van der Waals surface area contributed by atoms with Crippen molar-refractivity contribution in [1.29, 1.82) is 0 Å². The number of hydrogen-bond acceptors (Lipinski definition) is 8. The van der Waals surface area contributed by atoms with E-state index in [-0.39, 0.29) is 34.4 Å². The quantitative estimate of drug-likeness (QED) is 0.115. The topological polar surface area (TPSA) is 146 Å². The normalized spacial score (nSPS) is 20.0. The van der Waals surface area contributed by atoms with Crippen molar-refractivity contribution in [3.63, 3.8) is 0 Å². The molecule has 52 heavy (non-hydrogen) atoms. The molecular weight excluding hydrogens is 708 g/mol. The Labute approximate surface area is 295 Å². The number of fused-ring (bicyclic) bond motifs is 2. The number of alkyl halides is 3. The molecule has 2 aliphatic rings. The van der Waals surface area contributed by atoms with Crippen molar-refractivity contribution in [3.05, 3.63) is 119 Å². The Bertz CT molecular complexity index is 2150. The number of methoxy groups -OCH3 is 1. The molecule has 1 unspecified atom stereocenters. The Morgan fingerprint density at radius 3 is 2.44 bits per heavy atom. The number of aromatic nitrogens is 2. The fourth-order valence-electron chi connectivity index (χ4n) is 6.67. The van der Waals surface area contributed by atoms with Crippen LogP contribution in [0.5, 0.6) is 5.75 Å². The lowest BCUT2D eigenvalue weighted by molar-refractivity contribution is -0.144. The number of sulfone groups is 1. The number of anilines is 1. The van der Waals surface area contributed by atoms with Gasteiger partial charge >= 0.3 is 11.5 Å². The van der Waals surface area contributed by atoms with Gasteiger partial charge in [-0.3, -0.25) is 19.1 Å². The maximum atomic E-state index is 15.7. The van der Waals surface area contributed by atoms with Crippen molar-refractivity contribution < 1.29 is 49.8 Å². The maximum absolute atomic E-state index is 15.7. The third kappa shape index (κ3) is 7.28. The van der Waals surface area contributed by atoms with Crippen LogP contribution in [0.2, 0.25) is 0 Å². The number of hydrogen-bond donors (Lipinski definition) is 2. The molecule has 5 atom stereocenters. The molecule has 1 heterocycles. The number of halogens is 4. The lowest BCUT2D eigenvalue weighted by Gasteiger charge is -2.28. The largest absolute Gasteiger partial charge is 0.501 e. The molecule has 2 N–H and O–H groups in total. The monoisotopic (exact) mass is 740 g/mol. The van der Waals surface area contributed by atoms with Crippen LogP contribution in [-0.4, -0.2) is 54.6 Å². The summed E-state index contributed by atoms with van der Waals surface area (Å²) in [6.07, 6.45) is 5.87. The second-order valence-electron chi connectivity index (χ2n) is 12.5. The average Bonchev–Trinajstić information content (AvgIpc) is 3.84. The molecule has 272 valence electrons. The predicted octanol–water partition coefficient (Wildman–Crippen LogP) is 5.58. The molecule has 0 aliphatic heterocycles. The Balaban J connectivity index is 1.26. The lowest BCUT2D eigenvalue weighted by Crippen LogP contribution is -2.47. The molecule has 3 aromatic carbocycles. The van der Waals surface area contributed by atoms with Gasteiger partial charge in [0.2, 0.25) is 5.91 Å². The van der Waals surface area contributed by atoms with Crippen LogP contribution in [0.4, 0.5) is 23.2 Å². The molecule has 1 fully saturated rings. The molecule has 2 bridgehead atoms. The summed E-state index contributed by atoms with van der Waals surface area (Å²) in [5.74, 6) is -4.60. The van der Waals surface area contributed by atoms with Crippen molar-refractivity contribution >= 4 is 33.3 Å². The number of carbonyl (C=O) groups excluding carboxylic acids is 3. The van der Waals surface area contributed by atoms with Crippen molar-refractivity contribution in [2.45, 2.75) is 42.4 Å². The van der Waals surface area contributed by atoms with E-state index in [0.717, 1.165) is 30.7 Å². The third-order valence-electron chi connectivity index (χ3n) is 9.05. The Kier molecular flexibility index (Phi) is 9.94. The van der Waals surface area contributed by atoms with Crippen molar-refractivity contribution in [2.75, 3.05) is 12.4 Å². The van der Waals surface area contributed by atoms with Crippen LogP contribution in [0, 0.1) is 23.6 Å². The molecule has 11 nitrogen and oxygen atoms in total. The van der Waals surface area contributed by atoms with Crippen LogP contribution in [-0.2, 0) is 30.7 Å². The van der Waals surface area contributed by atoms with Gasteiger partial charge in [-0.15, -0.1) is 0 Å². The van der Waals surface area contributed by atoms with E-state index in [2.05, 4.69) is 15.7 Å². The Hall–Kier alpha value is -5.51. The predicted molar refractivity (Wildman–Crippen MR) is 178 cm³/mol. The molecule has 0 spiro atoms. The molecule has 16 heteroatoms. The first-order valence-corrected chi connectivity index (χ1v) is 17.5. The zero-order valence-corrected chi connectivity index (χ0v) is 28.4. The number of carbonyl (C=O) groups is 3. The fourth-order valence-corrected chi connectivity index (χ4v) is 7.48. The standard InChI is InChI=1S/C36H32F4N4O7S/c1-20(45)51-33(24-17-41-44(19-24)18-21-7-4-3-5-8-21)27-15-28(30(50-2)16-29(27)37)34(46)43-32-23-12-11-22(13-23)31(32)35(47)42-25-9-6-10-26(14-25)52(48,49)36(38,39)40/h3-12,14-17,19,22-23,31-33H,13,18H2,1-2H3,(H,42,47)(H,43,46)/t22-,23+,31+,32-,33?/m1/s1. The summed E-state index contributed by atoms with van der Waals surface area (Å²) in [6, 6.07) is 14.6. The van der Waals surface area contributed by atoms with E-state index in [1.165, 1.54) is 25.4 Å². The van der Waals surface area contributed by atoms with Crippen LogP contribution in [0.15, 0.2) is 96.2 Å². The highest BCUT2D eigenvalue weighted by molar-refractivity contribution is 7.92. The van der Waals surface area contributed by atoms with Crippen LogP contribution in [0.1, 0.15) is 46.5 Å². The lowest BCUT2D eigenvalue weighted by atomic mass is 9.87. The smallest absolute Gasteiger partial charge is 0.496 e. The highest BCUT2D eigenvalue weighted by Gasteiger charge is 2.50. The SMILES string of the molecule is COc1cc(F)c(C(OC(C)=O)c2cnn(Cc3ccccc3)c2)cc1C(=O)N[C@H]1[C@@H](C(=O)Nc2cccc(S(=O)(=O)C(F)(F)F)c2)[C@@H]2C=C[C@H]1C2. The number of nitrogens with one attached hydrogen (secondary N) is 2. The van der Waals surface area contributed by atoms with Crippen LogP contribution in [0.3, 0.4) is 0 Å². The van der Waals surface area contributed by atoms with Crippen molar-refractivity contribution in [2.24, 2.45) is 17.8 Å². The van der Waals surface area contributed by atoms with E-state index < -0.39 is 61.9 Å². The van der Waals surface area contributed by atoms with Gasteiger partial charge in [0.05, 0.1) is 36.2 Å². The molecular formula is C36H32F4N4O7S. The van der Waals surface area contributed by atoms with Crippen molar-refractivity contribution in [3.8, 4) is 5.75 Å². The van der Waals surface area contributed by atoms with Gasteiger partial charge in [0.1, 0.15) is 11.6 Å². The number of amides is 2. The zero-order chi connectivity index (χ0) is 37.4. The van der Waals surface area contributed by atoms with E-state index in [4.69, 9.17) is 9.47 Å². The highest BCUT2D eigenvalue weighted by atomic mass is 32.2. The van der Waals surface area contributed by atoms with E-state index in [0.29, 0.717) is 24.6 Å². The highest BCUT2D eigenvalue weighted by Crippen LogP contribution is 2.45. The molecule has 0 saturated heterocycles. The average molecular weight is 741 g/mol. The minimum atomic E-state index is -5.67. The van der Waals surface area contributed by atoms with Gasteiger partial charge in [-0.1, -0.05) is 48.6 Å². The number of esters is 1. The summed E-state index contributed by atoms with van der Waals surface area (Å²) in [4.78, 5) is 38.7. The number of ether oxygens (including phenoxy) is 2. The van der Waals surface area contributed by atoms with E-state index in [1.54, 1.807) is 17.0 Å². The van der Waals surface area contributed by atoms with Crippen LogP contribution < -0.4 is 15.4 Å². The summed E-state index contributed by atoms with van der Waals surface area (Å²) in [5.41, 5.74) is -4.71. The molecule has 2 amide bonds. The molecule has 1 aromatic heterocycles. The van der Waals surface area contributed by atoms with E-state index in [1.807, 2.05) is 36.4 Å². The summed E-state index contributed by atoms with van der Waals surface area (Å²) in [5, 5.41) is 9.68. The molecule has 2 aliphatic carbocycles. The minimum absolute atomic E-state index is 0.122. The molecule has 6 rings (SSSR count). The minimum Gasteiger partial charge on any atom is -0.496 e. The Morgan fingerprint density at radius 2 is 1.75 bits per heavy atom. The van der Waals surface area contributed by atoms with Gasteiger partial charge in [-0.05, 0) is 48.1 Å². The number of allylic oxidation sites excluding steroid dienone is 1. The van der Waals surface area contributed by atoms with Gasteiger partial charge in [-0.25, -0.2) is 12.8 Å². The van der Waals surface area contributed by atoms with Crippen LogP contribution in [0.25, 0.3) is 0 Å². The second-order valence-corrected chi connectivity index (χ2v) is 14.4. The summed E-state index contributed by atoms with van der Waals surface area (Å²) in [6.45, 7) is 1.55. The zero-order valence-electron chi connectivity index (χ0n) is 27.6. The molecule has 0 radical (unpaired) electrons. The van der Waals surface area contributed by atoms with Gasteiger partial charge in [0.25, 0.3) is 15.7 Å². The number of rotatable bonds is 11. The van der Waals surface area contributed by atoms with Gasteiger partial charge < -0.3 is 20.1 Å². The summed E-state index contributed by atoms with van der Waals surface area (Å²) >= 11 is 0. The van der Waals surface area contributed by atoms with Crippen molar-refractivity contribution in [1.82, 2.24) is 15.1 Å². The Morgan fingerprint density at radius 1 is 1.02 bits per heavy atom. The molecule has 1 saturated carbocycles. The first-order valence-electron chi connectivity index (χ1n) is 16.0. The number of nitrogens with zero attached hydrogens (tertiary/aromatic N) is 2. The first kappa shape index (κ1) is 36.3. The maximum Gasteiger partial charge on any atom is 0.501 e. The number of benzene rings is 3. The fraction of sp³-hybridized carbons (Fsp3) is 0.278. The van der Waals surface area contributed by atoms with Gasteiger partial charge in [0.15, 0.2) is 6.10 Å². The van der Waals surface area contributed by atoms with E-state index >= 15 is 4.39 Å². The van der Waals surface area contributed by atoms with Crippen LogP contribution >= 0.6 is 0 Å². The molecule has 4 aromatic rings. The summed E-state index contributed by atoms with van der Waals surface area (Å²) < 4.78 is 91.5. The van der Waals surface area contributed by atoms with Gasteiger partial charge in [-0.2, -0.15) is 18.3 Å². The summed E-state index contributed by atoms with van der Waals surface area (Å²) in [7, 11) is -4.42. The van der Waals surface area contributed by atoms with E-state index in [9.17, 15) is 36.0 Å². The first-order chi connectivity index (χ1) is 24.7. The second kappa shape index (κ2) is 14.3. The third-order valence-corrected chi connectivity index (χ3v) is 10.5. The van der Waals surface area contributed by atoms with Gasteiger partial charge in [0, 0.05) is 42.0 Å².